The van der Waals surface area contributed by atoms with Crippen molar-refractivity contribution < 1.29 is 9.53 Å². The fraction of sp³-hybridized carbons (Fsp3) is 0.526. The van der Waals surface area contributed by atoms with Crippen molar-refractivity contribution in [1.29, 1.82) is 0 Å². The minimum atomic E-state index is -0.565. The van der Waals surface area contributed by atoms with E-state index in [4.69, 9.17) is 4.74 Å². The average molecular weight is 340 g/mol. The van der Waals surface area contributed by atoms with Crippen LogP contribution >= 0.6 is 0 Å². The van der Waals surface area contributed by atoms with E-state index in [1.807, 2.05) is 30.3 Å². The lowest BCUT2D eigenvalue weighted by Gasteiger charge is -2.22. The summed E-state index contributed by atoms with van der Waals surface area (Å²) in [5, 5.41) is 11.4. The molecule has 0 saturated heterocycles. The highest BCUT2D eigenvalue weighted by Crippen LogP contribution is 2.28. The summed E-state index contributed by atoms with van der Waals surface area (Å²) in [6.45, 7) is 1.33. The van der Waals surface area contributed by atoms with Crippen LogP contribution in [0.4, 0.5) is 0 Å². The molecule has 2 aromatic rings. The van der Waals surface area contributed by atoms with Gasteiger partial charge >= 0.3 is 0 Å². The van der Waals surface area contributed by atoms with E-state index in [0.29, 0.717) is 6.54 Å². The molecule has 6 heteroatoms. The van der Waals surface area contributed by atoms with Crippen LogP contribution in [0.5, 0.6) is 0 Å². The van der Waals surface area contributed by atoms with Gasteiger partial charge in [0.1, 0.15) is 5.82 Å². The summed E-state index contributed by atoms with van der Waals surface area (Å²) in [5.74, 6) is 1.74. The number of hydrogen-bond donors (Lipinski definition) is 1. The quantitative estimate of drug-likeness (QED) is 0.877. The number of aryl methyl sites for hydroxylation is 1. The molecular formula is C19H24N4O2. The molecule has 1 saturated carbocycles. The van der Waals surface area contributed by atoms with Crippen LogP contribution in [0, 0.1) is 0 Å². The number of rotatable bonds is 6. The second kappa shape index (κ2) is 7.35. The van der Waals surface area contributed by atoms with Crippen LogP contribution in [0.25, 0.3) is 0 Å². The van der Waals surface area contributed by atoms with Gasteiger partial charge < -0.3 is 14.6 Å². The van der Waals surface area contributed by atoms with Gasteiger partial charge in [0.15, 0.2) is 11.9 Å². The number of carbonyl (C=O) groups excluding carboxylic acids is 1. The second-order valence-corrected chi connectivity index (χ2v) is 6.84. The Morgan fingerprint density at radius 1 is 1.20 bits per heavy atom. The summed E-state index contributed by atoms with van der Waals surface area (Å²) in [4.78, 5) is 12.8. The topological polar surface area (TPSA) is 69.0 Å². The van der Waals surface area contributed by atoms with Gasteiger partial charge in [-0.15, -0.1) is 10.2 Å². The first kappa shape index (κ1) is 16.3. The maximum absolute atomic E-state index is 12.8. The van der Waals surface area contributed by atoms with Crippen molar-refractivity contribution in [2.75, 3.05) is 0 Å². The van der Waals surface area contributed by atoms with Crippen LogP contribution < -0.4 is 5.32 Å². The molecule has 25 heavy (non-hydrogen) atoms. The molecule has 1 aliphatic heterocycles. The van der Waals surface area contributed by atoms with E-state index >= 15 is 0 Å². The summed E-state index contributed by atoms with van der Waals surface area (Å²) in [5.41, 5.74) is 0.901. The van der Waals surface area contributed by atoms with E-state index in [1.165, 1.54) is 12.8 Å². The van der Waals surface area contributed by atoms with Crippen LogP contribution in [0.3, 0.4) is 0 Å². The van der Waals surface area contributed by atoms with E-state index in [0.717, 1.165) is 49.4 Å². The third-order valence-corrected chi connectivity index (χ3v) is 5.08. The molecule has 132 valence electrons. The van der Waals surface area contributed by atoms with Crippen LogP contribution in [0.15, 0.2) is 30.3 Å². The van der Waals surface area contributed by atoms with Crippen molar-refractivity contribution in [1.82, 2.24) is 20.1 Å². The normalized spacial score (nSPS) is 18.2. The minimum Gasteiger partial charge on any atom is -0.360 e. The first-order valence-corrected chi connectivity index (χ1v) is 9.20. The third-order valence-electron chi connectivity index (χ3n) is 5.08. The predicted octanol–water partition coefficient (Wildman–Crippen LogP) is 2.54. The highest BCUT2D eigenvalue weighted by Gasteiger charge is 2.27. The fourth-order valence-electron chi connectivity index (χ4n) is 3.74. The Morgan fingerprint density at radius 3 is 2.80 bits per heavy atom. The number of ether oxygens (including phenoxy) is 1. The molecule has 1 amide bonds. The van der Waals surface area contributed by atoms with Crippen LogP contribution in [0.1, 0.15) is 55.4 Å². The maximum atomic E-state index is 12.8. The van der Waals surface area contributed by atoms with E-state index in [9.17, 15) is 4.79 Å². The van der Waals surface area contributed by atoms with Gasteiger partial charge in [0.25, 0.3) is 5.91 Å². The summed E-state index contributed by atoms with van der Waals surface area (Å²) < 4.78 is 8.27. The number of nitrogens with zero attached hydrogens (tertiary/aromatic N) is 3. The largest absolute Gasteiger partial charge is 0.360 e. The Labute approximate surface area is 147 Å². The molecule has 0 unspecified atom stereocenters. The highest BCUT2D eigenvalue weighted by atomic mass is 16.5. The lowest BCUT2D eigenvalue weighted by molar-refractivity contribution is -0.137. The van der Waals surface area contributed by atoms with Crippen LogP contribution in [-0.2, 0) is 29.0 Å². The van der Waals surface area contributed by atoms with Gasteiger partial charge in [-0.1, -0.05) is 43.2 Å². The number of nitrogens with one attached hydrogen (secondary N) is 1. The number of carbonyl (C=O) groups is 1. The Morgan fingerprint density at radius 2 is 2.00 bits per heavy atom. The summed E-state index contributed by atoms with van der Waals surface area (Å²) in [7, 11) is 0. The zero-order valence-electron chi connectivity index (χ0n) is 14.4. The van der Waals surface area contributed by atoms with Gasteiger partial charge in [0.05, 0.1) is 12.6 Å². The monoisotopic (exact) mass is 340 g/mol. The van der Waals surface area contributed by atoms with Gasteiger partial charge in [-0.05, 0) is 24.8 Å². The first-order valence-electron chi connectivity index (χ1n) is 9.20. The number of benzene rings is 1. The molecular weight excluding hydrogens is 316 g/mol. The summed E-state index contributed by atoms with van der Waals surface area (Å²) in [6.07, 6.45) is 6.11. The molecule has 1 aromatic heterocycles. The number of hydrogen-bond acceptors (Lipinski definition) is 4. The maximum Gasteiger partial charge on any atom is 0.254 e. The van der Waals surface area contributed by atoms with Gasteiger partial charge in [-0.3, -0.25) is 4.79 Å². The average Bonchev–Trinajstić information content (AvgIpc) is 3.37. The SMILES string of the molecule is O=C(NCc1nnc2n1CCC2)[C@@H](OC1CCCC1)c1ccccc1. The van der Waals surface area contributed by atoms with Crippen molar-refractivity contribution in [3.63, 3.8) is 0 Å². The molecule has 0 radical (unpaired) electrons. The van der Waals surface area contributed by atoms with E-state index in [1.54, 1.807) is 0 Å². The van der Waals surface area contributed by atoms with Gasteiger partial charge in [-0.2, -0.15) is 0 Å². The molecule has 4 rings (SSSR count). The highest BCUT2D eigenvalue weighted by molar-refractivity contribution is 5.82. The third kappa shape index (κ3) is 3.58. The van der Waals surface area contributed by atoms with Crippen molar-refractivity contribution in [2.45, 2.75) is 63.8 Å². The predicted molar refractivity (Wildman–Crippen MR) is 92.7 cm³/mol. The van der Waals surface area contributed by atoms with E-state index < -0.39 is 6.10 Å². The van der Waals surface area contributed by atoms with Crippen molar-refractivity contribution in [3.8, 4) is 0 Å². The number of aromatic nitrogens is 3. The second-order valence-electron chi connectivity index (χ2n) is 6.84. The van der Waals surface area contributed by atoms with Crippen LogP contribution in [-0.4, -0.2) is 26.8 Å². The minimum absolute atomic E-state index is 0.103. The van der Waals surface area contributed by atoms with Gasteiger partial charge in [-0.25, -0.2) is 0 Å². The van der Waals surface area contributed by atoms with Crippen LogP contribution in [0.2, 0.25) is 0 Å². The van der Waals surface area contributed by atoms with Crippen molar-refractivity contribution in [3.05, 3.63) is 47.5 Å². The Bertz CT molecular complexity index is 722. The molecule has 0 spiro atoms. The molecule has 1 atom stereocenters. The standard InChI is InChI=1S/C19H24N4O2/c24-19(20-13-17-22-21-16-11-6-12-23(16)17)18(14-7-2-1-3-8-14)25-15-9-4-5-10-15/h1-3,7-8,15,18H,4-6,9-13H2,(H,20,24)/t18-/m0/s1. The van der Waals surface area contributed by atoms with E-state index in [-0.39, 0.29) is 12.0 Å². The zero-order valence-corrected chi connectivity index (χ0v) is 14.4. The van der Waals surface area contributed by atoms with E-state index in [2.05, 4.69) is 20.1 Å². The summed E-state index contributed by atoms with van der Waals surface area (Å²) in [6, 6.07) is 9.74. The number of fused-ring (bicyclic) bond motifs is 1. The Hall–Kier alpha value is -2.21. The Balaban J connectivity index is 1.45. The molecule has 1 N–H and O–H groups in total. The number of amides is 1. The van der Waals surface area contributed by atoms with Gasteiger partial charge in [0.2, 0.25) is 0 Å². The molecule has 0 bridgehead atoms. The fourth-order valence-corrected chi connectivity index (χ4v) is 3.74. The lowest BCUT2D eigenvalue weighted by atomic mass is 10.1. The lowest BCUT2D eigenvalue weighted by Crippen LogP contribution is -2.33. The molecule has 6 nitrogen and oxygen atoms in total. The summed E-state index contributed by atoms with van der Waals surface area (Å²) >= 11 is 0. The smallest absolute Gasteiger partial charge is 0.254 e. The Kier molecular flexibility index (Phi) is 4.78. The van der Waals surface area contributed by atoms with Gasteiger partial charge in [0, 0.05) is 13.0 Å². The zero-order chi connectivity index (χ0) is 17.1. The van der Waals surface area contributed by atoms with Crippen molar-refractivity contribution in [2.24, 2.45) is 0 Å². The molecule has 1 fully saturated rings. The molecule has 1 aliphatic carbocycles. The molecule has 2 aliphatic rings. The molecule has 1 aromatic carbocycles. The first-order chi connectivity index (χ1) is 12.3. The van der Waals surface area contributed by atoms with Crippen molar-refractivity contribution >= 4 is 5.91 Å². The molecule has 2 heterocycles.